The van der Waals surface area contributed by atoms with E-state index in [0.29, 0.717) is 0 Å². The summed E-state index contributed by atoms with van der Waals surface area (Å²) >= 11 is 0. The Bertz CT molecular complexity index is 433. The Morgan fingerprint density at radius 3 is 2.05 bits per heavy atom. The SMILES string of the molecule is C=CC[Si](CC=C)(CC=C)c1occc1C(O)C=C. The summed E-state index contributed by atoms with van der Waals surface area (Å²) in [4.78, 5) is 0. The van der Waals surface area contributed by atoms with Gasteiger partial charge in [-0.15, -0.1) is 26.3 Å². The molecule has 1 rings (SSSR count). The predicted molar refractivity (Wildman–Crippen MR) is 84.3 cm³/mol. The Morgan fingerprint density at radius 2 is 1.63 bits per heavy atom. The Kier molecular flexibility index (Phi) is 5.80. The molecular formula is C16H22O2Si. The summed E-state index contributed by atoms with van der Waals surface area (Å²) in [6, 6.07) is 4.43. The molecule has 0 aromatic carbocycles. The van der Waals surface area contributed by atoms with Crippen LogP contribution in [-0.2, 0) is 0 Å². The fourth-order valence-corrected chi connectivity index (χ4v) is 6.34. The molecule has 0 radical (unpaired) electrons. The van der Waals surface area contributed by atoms with Crippen LogP contribution in [0.15, 0.2) is 67.4 Å². The van der Waals surface area contributed by atoms with Crippen molar-refractivity contribution in [2.24, 2.45) is 0 Å². The number of furan rings is 1. The van der Waals surface area contributed by atoms with Crippen LogP contribution in [0, 0.1) is 0 Å². The lowest BCUT2D eigenvalue weighted by molar-refractivity contribution is 0.229. The van der Waals surface area contributed by atoms with Crippen LogP contribution in [0.3, 0.4) is 0 Å². The first-order chi connectivity index (χ1) is 9.15. The van der Waals surface area contributed by atoms with Crippen molar-refractivity contribution in [3.63, 3.8) is 0 Å². The second-order valence-electron chi connectivity index (χ2n) is 4.64. The number of rotatable bonds is 9. The van der Waals surface area contributed by atoms with Gasteiger partial charge in [-0.25, -0.2) is 0 Å². The van der Waals surface area contributed by atoms with E-state index in [9.17, 15) is 5.11 Å². The quantitative estimate of drug-likeness (QED) is 0.550. The van der Waals surface area contributed by atoms with Crippen LogP contribution in [0.5, 0.6) is 0 Å². The fourth-order valence-electron chi connectivity index (χ4n) is 2.47. The van der Waals surface area contributed by atoms with E-state index in [0.717, 1.165) is 29.1 Å². The molecule has 19 heavy (non-hydrogen) atoms. The van der Waals surface area contributed by atoms with Crippen molar-refractivity contribution in [3.8, 4) is 0 Å². The van der Waals surface area contributed by atoms with Gasteiger partial charge in [0, 0.05) is 5.56 Å². The lowest BCUT2D eigenvalue weighted by atomic mass is 10.2. The molecule has 1 aromatic heterocycles. The molecule has 1 aromatic rings. The first-order valence-electron chi connectivity index (χ1n) is 6.36. The highest BCUT2D eigenvalue weighted by Gasteiger charge is 2.37. The van der Waals surface area contributed by atoms with Gasteiger partial charge in [-0.2, -0.15) is 0 Å². The summed E-state index contributed by atoms with van der Waals surface area (Å²) in [5, 5.41) is 10.9. The summed E-state index contributed by atoms with van der Waals surface area (Å²) in [6.07, 6.45) is 8.22. The van der Waals surface area contributed by atoms with Gasteiger partial charge in [0.25, 0.3) is 0 Å². The number of aliphatic hydroxyl groups excluding tert-OH is 1. The molecule has 0 saturated heterocycles. The second kappa shape index (κ2) is 7.12. The molecule has 0 spiro atoms. The highest BCUT2D eigenvalue weighted by molar-refractivity contribution is 6.92. The van der Waals surface area contributed by atoms with E-state index in [1.165, 1.54) is 6.08 Å². The van der Waals surface area contributed by atoms with Crippen LogP contribution in [0.2, 0.25) is 18.1 Å². The van der Waals surface area contributed by atoms with Crippen molar-refractivity contribution in [1.82, 2.24) is 0 Å². The Labute approximate surface area is 116 Å². The molecule has 1 unspecified atom stereocenters. The van der Waals surface area contributed by atoms with Gasteiger partial charge < -0.3 is 9.52 Å². The van der Waals surface area contributed by atoms with Crippen molar-refractivity contribution in [2.45, 2.75) is 24.2 Å². The monoisotopic (exact) mass is 274 g/mol. The van der Waals surface area contributed by atoms with Crippen LogP contribution >= 0.6 is 0 Å². The minimum atomic E-state index is -1.97. The van der Waals surface area contributed by atoms with E-state index >= 15 is 0 Å². The standard InChI is InChI=1S/C16H22O2Si/c1-5-11-19(12-6-2,13-7-3)16-14(9-10-18-16)15(17)8-4/h5-10,15,17H,1-4,11-13H2. The number of aliphatic hydroxyl groups is 1. The summed E-state index contributed by atoms with van der Waals surface area (Å²) < 4.78 is 5.72. The average molecular weight is 274 g/mol. The van der Waals surface area contributed by atoms with Gasteiger partial charge >= 0.3 is 0 Å². The molecule has 0 saturated carbocycles. The third-order valence-electron chi connectivity index (χ3n) is 3.32. The van der Waals surface area contributed by atoms with Gasteiger partial charge in [0.2, 0.25) is 0 Å². The van der Waals surface area contributed by atoms with Gasteiger partial charge in [0.15, 0.2) is 0 Å². The molecule has 1 atom stereocenters. The molecule has 0 fully saturated rings. The molecule has 3 heteroatoms. The summed E-state index contributed by atoms with van der Waals surface area (Å²) in [6.45, 7) is 15.2. The highest BCUT2D eigenvalue weighted by atomic mass is 28.3. The normalized spacial score (nSPS) is 12.7. The maximum Gasteiger partial charge on any atom is 0.143 e. The van der Waals surface area contributed by atoms with E-state index in [4.69, 9.17) is 4.42 Å². The smallest absolute Gasteiger partial charge is 0.143 e. The predicted octanol–water partition coefficient (Wildman–Crippen LogP) is 3.71. The van der Waals surface area contributed by atoms with E-state index in [2.05, 4.69) is 26.3 Å². The number of hydrogen-bond acceptors (Lipinski definition) is 2. The largest absolute Gasteiger partial charge is 0.474 e. The molecule has 1 N–H and O–H groups in total. The second-order valence-corrected chi connectivity index (χ2v) is 8.88. The average Bonchev–Trinajstić information content (AvgIpc) is 2.88. The van der Waals surface area contributed by atoms with E-state index in [1.807, 2.05) is 24.3 Å². The maximum atomic E-state index is 10.0. The first-order valence-corrected chi connectivity index (χ1v) is 8.98. The maximum absolute atomic E-state index is 10.0. The van der Waals surface area contributed by atoms with Crippen LogP contribution in [0.4, 0.5) is 0 Å². The molecular weight excluding hydrogens is 252 g/mol. The Balaban J connectivity index is 3.33. The van der Waals surface area contributed by atoms with Gasteiger partial charge in [-0.05, 0) is 24.2 Å². The first kappa shape index (κ1) is 15.5. The molecule has 2 nitrogen and oxygen atoms in total. The zero-order valence-electron chi connectivity index (χ0n) is 11.3. The molecule has 1 heterocycles. The third-order valence-corrected chi connectivity index (χ3v) is 7.90. The number of hydrogen-bond donors (Lipinski definition) is 1. The fraction of sp³-hybridized carbons (Fsp3) is 0.250. The van der Waals surface area contributed by atoms with Gasteiger partial charge in [0.1, 0.15) is 8.07 Å². The van der Waals surface area contributed by atoms with Crippen molar-refractivity contribution in [3.05, 3.63) is 68.5 Å². The van der Waals surface area contributed by atoms with E-state index < -0.39 is 14.2 Å². The summed E-state index contributed by atoms with van der Waals surface area (Å²) in [7, 11) is -1.97. The van der Waals surface area contributed by atoms with Crippen molar-refractivity contribution < 1.29 is 9.52 Å². The summed E-state index contributed by atoms with van der Waals surface area (Å²) in [5.41, 5.74) is 0.812. The van der Waals surface area contributed by atoms with Crippen molar-refractivity contribution in [2.75, 3.05) is 0 Å². The molecule has 0 bridgehead atoms. The van der Waals surface area contributed by atoms with Gasteiger partial charge in [-0.3, -0.25) is 0 Å². The zero-order chi connectivity index (χ0) is 14.3. The molecule has 102 valence electrons. The van der Waals surface area contributed by atoms with E-state index in [1.54, 1.807) is 6.26 Å². The topological polar surface area (TPSA) is 33.4 Å². The molecule has 0 aliphatic rings. The van der Waals surface area contributed by atoms with Crippen LogP contribution in [0.1, 0.15) is 11.7 Å². The number of allylic oxidation sites excluding steroid dienone is 3. The van der Waals surface area contributed by atoms with Crippen LogP contribution in [0.25, 0.3) is 0 Å². The van der Waals surface area contributed by atoms with Gasteiger partial charge in [0.05, 0.1) is 17.8 Å². The van der Waals surface area contributed by atoms with Crippen molar-refractivity contribution >= 4 is 13.5 Å². The Morgan fingerprint density at radius 1 is 1.11 bits per heavy atom. The molecule has 0 aliphatic carbocycles. The Hall–Kier alpha value is -1.58. The third kappa shape index (κ3) is 3.25. The van der Waals surface area contributed by atoms with Crippen LogP contribution in [-0.4, -0.2) is 13.2 Å². The lowest BCUT2D eigenvalue weighted by Gasteiger charge is -2.28. The van der Waals surface area contributed by atoms with Crippen molar-refractivity contribution in [1.29, 1.82) is 0 Å². The summed E-state index contributed by atoms with van der Waals surface area (Å²) in [5.74, 6) is 0. The molecule has 0 aliphatic heterocycles. The highest BCUT2D eigenvalue weighted by Crippen LogP contribution is 2.27. The lowest BCUT2D eigenvalue weighted by Crippen LogP contribution is -2.47. The zero-order valence-corrected chi connectivity index (χ0v) is 12.3. The van der Waals surface area contributed by atoms with Gasteiger partial charge in [-0.1, -0.05) is 24.3 Å². The van der Waals surface area contributed by atoms with Crippen LogP contribution < -0.4 is 5.38 Å². The van der Waals surface area contributed by atoms with E-state index in [-0.39, 0.29) is 0 Å². The molecule has 0 amide bonds. The minimum absolute atomic E-state index is 0.694. The minimum Gasteiger partial charge on any atom is -0.474 e.